The Hall–Kier alpha value is -2.62. The van der Waals surface area contributed by atoms with E-state index in [9.17, 15) is 21.6 Å². The zero-order chi connectivity index (χ0) is 17.5. The third kappa shape index (κ3) is 3.04. The molecule has 0 bridgehead atoms. The average molecular weight is 356 g/mol. The minimum Gasteiger partial charge on any atom is -0.263 e. The summed E-state index contributed by atoms with van der Waals surface area (Å²) in [6.07, 6.45) is -3.25. The van der Waals surface area contributed by atoms with Gasteiger partial charge in [-0.1, -0.05) is 6.07 Å². The van der Waals surface area contributed by atoms with E-state index in [1.165, 1.54) is 16.8 Å². The van der Waals surface area contributed by atoms with Crippen LogP contribution in [-0.4, -0.2) is 23.0 Å². The molecule has 0 aliphatic carbocycles. The number of rotatable bonds is 3. The number of anilines is 1. The molecule has 1 N–H and O–H groups in total. The molecule has 0 aliphatic rings. The number of alkyl halides is 3. The summed E-state index contributed by atoms with van der Waals surface area (Å²) in [5.74, 6) is 0.0745. The minimum atomic E-state index is -4.63. The van der Waals surface area contributed by atoms with Crippen molar-refractivity contribution in [1.82, 2.24) is 14.6 Å². The Kier molecular flexibility index (Phi) is 3.71. The number of halogens is 3. The number of sulfonamides is 1. The van der Waals surface area contributed by atoms with Crippen LogP contribution in [0, 0.1) is 6.92 Å². The fourth-order valence-corrected chi connectivity index (χ4v) is 3.21. The molecule has 0 spiro atoms. The van der Waals surface area contributed by atoms with Crippen LogP contribution in [0.25, 0.3) is 5.65 Å². The lowest BCUT2D eigenvalue weighted by Crippen LogP contribution is -2.17. The maximum absolute atomic E-state index is 12.8. The van der Waals surface area contributed by atoms with Crippen LogP contribution < -0.4 is 4.72 Å². The second-order valence-electron chi connectivity index (χ2n) is 5.02. The number of hydrogen-bond donors (Lipinski definition) is 1. The predicted octanol–water partition coefficient (Wildman–Crippen LogP) is 2.86. The molecule has 2 heterocycles. The SMILES string of the molecule is Cc1cc2nccc(NS(=O)(=O)c3cccc(C(F)(F)F)c3)n2n1. The molecule has 3 aromatic rings. The summed E-state index contributed by atoms with van der Waals surface area (Å²) in [4.78, 5) is 3.53. The van der Waals surface area contributed by atoms with Gasteiger partial charge in [0.2, 0.25) is 0 Å². The van der Waals surface area contributed by atoms with Crippen molar-refractivity contribution in [2.75, 3.05) is 4.72 Å². The van der Waals surface area contributed by atoms with Gasteiger partial charge in [0.05, 0.1) is 16.2 Å². The maximum Gasteiger partial charge on any atom is 0.416 e. The largest absolute Gasteiger partial charge is 0.416 e. The van der Waals surface area contributed by atoms with Gasteiger partial charge in [0, 0.05) is 12.3 Å². The van der Waals surface area contributed by atoms with E-state index < -0.39 is 26.7 Å². The van der Waals surface area contributed by atoms with E-state index in [0.717, 1.165) is 18.2 Å². The molecule has 3 rings (SSSR count). The molecule has 0 amide bonds. The third-order valence-electron chi connectivity index (χ3n) is 3.19. The van der Waals surface area contributed by atoms with Gasteiger partial charge in [0.15, 0.2) is 5.65 Å². The number of nitrogens with one attached hydrogen (secondary N) is 1. The quantitative estimate of drug-likeness (QED) is 0.783. The molecule has 0 unspecified atom stereocenters. The zero-order valence-corrected chi connectivity index (χ0v) is 13.1. The van der Waals surface area contributed by atoms with Gasteiger partial charge in [-0.3, -0.25) is 4.72 Å². The highest BCUT2D eigenvalue weighted by Gasteiger charge is 2.31. The second-order valence-corrected chi connectivity index (χ2v) is 6.70. The van der Waals surface area contributed by atoms with Gasteiger partial charge in [0.1, 0.15) is 5.82 Å². The minimum absolute atomic E-state index is 0.0745. The van der Waals surface area contributed by atoms with Crippen molar-refractivity contribution in [3.05, 3.63) is 53.9 Å². The van der Waals surface area contributed by atoms with Crippen LogP contribution >= 0.6 is 0 Å². The summed E-state index contributed by atoms with van der Waals surface area (Å²) < 4.78 is 66.6. The number of aryl methyl sites for hydroxylation is 1. The van der Waals surface area contributed by atoms with Gasteiger partial charge in [-0.2, -0.15) is 22.8 Å². The molecule has 2 aromatic heterocycles. The molecule has 24 heavy (non-hydrogen) atoms. The van der Waals surface area contributed by atoms with Crippen LogP contribution in [0.4, 0.5) is 19.0 Å². The predicted molar refractivity (Wildman–Crippen MR) is 80.0 cm³/mol. The molecule has 126 valence electrons. The highest BCUT2D eigenvalue weighted by Crippen LogP contribution is 2.30. The van der Waals surface area contributed by atoms with Crippen molar-refractivity contribution >= 4 is 21.5 Å². The summed E-state index contributed by atoms with van der Waals surface area (Å²) in [6, 6.07) is 6.52. The van der Waals surface area contributed by atoms with Gasteiger partial charge in [0.25, 0.3) is 10.0 Å². The Morgan fingerprint density at radius 3 is 2.62 bits per heavy atom. The second kappa shape index (κ2) is 5.48. The summed E-state index contributed by atoms with van der Waals surface area (Å²) in [5.41, 5.74) is -0.00913. The number of nitrogens with zero attached hydrogens (tertiary/aromatic N) is 3. The molecule has 6 nitrogen and oxygen atoms in total. The van der Waals surface area contributed by atoms with E-state index in [1.807, 2.05) is 0 Å². The lowest BCUT2D eigenvalue weighted by atomic mass is 10.2. The zero-order valence-electron chi connectivity index (χ0n) is 12.2. The number of fused-ring (bicyclic) bond motifs is 1. The van der Waals surface area contributed by atoms with E-state index in [1.54, 1.807) is 13.0 Å². The Labute approximate surface area is 135 Å². The Morgan fingerprint density at radius 2 is 1.92 bits per heavy atom. The first-order valence-electron chi connectivity index (χ1n) is 6.68. The maximum atomic E-state index is 12.8. The van der Waals surface area contributed by atoms with Crippen molar-refractivity contribution in [3.63, 3.8) is 0 Å². The summed E-state index contributed by atoms with van der Waals surface area (Å²) in [6.45, 7) is 1.71. The van der Waals surface area contributed by atoms with Crippen LogP contribution in [0.15, 0.2) is 47.5 Å². The van der Waals surface area contributed by atoms with E-state index in [4.69, 9.17) is 0 Å². The molecule has 0 aliphatic heterocycles. The normalized spacial score (nSPS) is 12.5. The van der Waals surface area contributed by atoms with Gasteiger partial charge in [-0.15, -0.1) is 0 Å². The fraction of sp³-hybridized carbons (Fsp3) is 0.143. The number of hydrogen-bond acceptors (Lipinski definition) is 4. The van der Waals surface area contributed by atoms with E-state index in [0.29, 0.717) is 17.4 Å². The molecule has 10 heteroatoms. The van der Waals surface area contributed by atoms with Crippen LogP contribution in [0.5, 0.6) is 0 Å². The summed E-state index contributed by atoms with van der Waals surface area (Å²) in [7, 11) is -4.22. The molecule has 0 radical (unpaired) electrons. The molecular weight excluding hydrogens is 345 g/mol. The van der Waals surface area contributed by atoms with Crippen LogP contribution in [-0.2, 0) is 16.2 Å². The van der Waals surface area contributed by atoms with Gasteiger partial charge >= 0.3 is 6.18 Å². The van der Waals surface area contributed by atoms with Crippen molar-refractivity contribution < 1.29 is 21.6 Å². The first-order chi connectivity index (χ1) is 11.2. The van der Waals surface area contributed by atoms with Crippen LogP contribution in [0.1, 0.15) is 11.3 Å². The van der Waals surface area contributed by atoms with Gasteiger partial charge in [-0.25, -0.2) is 13.4 Å². The van der Waals surface area contributed by atoms with Crippen molar-refractivity contribution in [2.45, 2.75) is 18.0 Å². The lowest BCUT2D eigenvalue weighted by molar-refractivity contribution is -0.137. The summed E-state index contributed by atoms with van der Waals surface area (Å²) >= 11 is 0. The van der Waals surface area contributed by atoms with E-state index in [-0.39, 0.29) is 5.82 Å². The molecule has 0 saturated heterocycles. The average Bonchev–Trinajstić information content (AvgIpc) is 2.88. The highest BCUT2D eigenvalue weighted by atomic mass is 32.2. The van der Waals surface area contributed by atoms with Gasteiger partial charge in [-0.05, 0) is 31.2 Å². The highest BCUT2D eigenvalue weighted by molar-refractivity contribution is 7.92. The van der Waals surface area contributed by atoms with E-state index in [2.05, 4.69) is 14.8 Å². The molecule has 1 aromatic carbocycles. The first-order valence-corrected chi connectivity index (χ1v) is 8.17. The van der Waals surface area contributed by atoms with Gasteiger partial charge < -0.3 is 0 Å². The molecule has 0 saturated carbocycles. The molecule has 0 atom stereocenters. The Balaban J connectivity index is 2.02. The third-order valence-corrected chi connectivity index (χ3v) is 4.54. The van der Waals surface area contributed by atoms with Crippen LogP contribution in [0.2, 0.25) is 0 Å². The lowest BCUT2D eigenvalue weighted by Gasteiger charge is -2.11. The summed E-state index contributed by atoms with van der Waals surface area (Å²) in [5, 5.41) is 4.09. The van der Waals surface area contributed by atoms with Crippen molar-refractivity contribution in [3.8, 4) is 0 Å². The van der Waals surface area contributed by atoms with Crippen molar-refractivity contribution in [1.29, 1.82) is 0 Å². The standard InChI is InChI=1S/C14H11F3N4O2S/c1-9-7-13-18-6-5-12(21(13)19-9)20-24(22,23)11-4-2-3-10(8-11)14(15,16)17/h2-8,20H,1H3. The number of benzene rings is 1. The number of aromatic nitrogens is 3. The van der Waals surface area contributed by atoms with E-state index >= 15 is 0 Å². The Bertz CT molecular complexity index is 1010. The fourth-order valence-electron chi connectivity index (χ4n) is 2.12. The smallest absolute Gasteiger partial charge is 0.263 e. The first kappa shape index (κ1) is 16.2. The molecular formula is C14H11F3N4O2S. The monoisotopic (exact) mass is 356 g/mol. The van der Waals surface area contributed by atoms with Crippen LogP contribution in [0.3, 0.4) is 0 Å². The Morgan fingerprint density at radius 1 is 1.17 bits per heavy atom. The topological polar surface area (TPSA) is 76.4 Å². The van der Waals surface area contributed by atoms with Crippen molar-refractivity contribution in [2.24, 2.45) is 0 Å². The molecule has 0 fully saturated rings.